The Labute approximate surface area is 152 Å². The standard InChI is InChI=1S/C18H17N3O2S2/c1-20-16-10-6-5-9-14(16)17(24)15-12-21(19-18(15)25(20,22)23)11-13-7-3-2-4-8-13/h2-10,12,17,24H,11H2,1H3. The lowest BCUT2D eigenvalue weighted by Crippen LogP contribution is -2.27. The van der Waals surface area contributed by atoms with Crippen molar-refractivity contribution in [3.8, 4) is 0 Å². The Morgan fingerprint density at radius 2 is 1.72 bits per heavy atom. The van der Waals surface area contributed by atoms with Gasteiger partial charge in [0.25, 0.3) is 10.0 Å². The van der Waals surface area contributed by atoms with Gasteiger partial charge in [-0.1, -0.05) is 48.5 Å². The second kappa shape index (κ2) is 5.93. The van der Waals surface area contributed by atoms with Gasteiger partial charge in [-0.2, -0.15) is 26.1 Å². The SMILES string of the molecule is CN1c2ccccc2C(S)c2cn(Cc3ccccc3)nc2S1(=O)=O. The minimum Gasteiger partial charge on any atom is -0.268 e. The maximum atomic E-state index is 13.0. The van der Waals surface area contributed by atoms with Crippen LogP contribution in [-0.2, 0) is 16.6 Å². The molecule has 0 spiro atoms. The Morgan fingerprint density at radius 1 is 1.04 bits per heavy atom. The van der Waals surface area contributed by atoms with Crippen LogP contribution in [0.5, 0.6) is 0 Å². The highest BCUT2D eigenvalue weighted by Crippen LogP contribution is 2.42. The van der Waals surface area contributed by atoms with Crippen molar-refractivity contribution in [1.82, 2.24) is 9.78 Å². The van der Waals surface area contributed by atoms with Crippen LogP contribution < -0.4 is 4.31 Å². The van der Waals surface area contributed by atoms with Crippen LogP contribution in [0.2, 0.25) is 0 Å². The quantitative estimate of drug-likeness (QED) is 0.705. The van der Waals surface area contributed by atoms with Crippen LogP contribution in [0.3, 0.4) is 0 Å². The van der Waals surface area contributed by atoms with E-state index in [1.54, 1.807) is 24.0 Å². The third-order valence-electron chi connectivity index (χ3n) is 4.41. The molecule has 0 N–H and O–H groups in total. The highest BCUT2D eigenvalue weighted by molar-refractivity contribution is 7.92. The van der Waals surface area contributed by atoms with Crippen LogP contribution >= 0.6 is 12.6 Å². The fraction of sp³-hybridized carbons (Fsp3) is 0.167. The van der Waals surface area contributed by atoms with Crippen LogP contribution in [0.25, 0.3) is 0 Å². The summed E-state index contributed by atoms with van der Waals surface area (Å²) in [4.78, 5) is 0. The van der Waals surface area contributed by atoms with Gasteiger partial charge >= 0.3 is 0 Å². The molecule has 7 heteroatoms. The van der Waals surface area contributed by atoms with Gasteiger partial charge in [-0.05, 0) is 17.2 Å². The lowest BCUT2D eigenvalue weighted by molar-refractivity contribution is 0.582. The zero-order valence-corrected chi connectivity index (χ0v) is 15.3. The molecular formula is C18H17N3O2S2. The van der Waals surface area contributed by atoms with Gasteiger partial charge in [-0.3, -0.25) is 8.99 Å². The molecule has 2 aromatic carbocycles. The third-order valence-corrected chi connectivity index (χ3v) is 6.69. The van der Waals surface area contributed by atoms with E-state index < -0.39 is 10.0 Å². The molecule has 1 aliphatic heterocycles. The molecule has 5 nitrogen and oxygen atoms in total. The summed E-state index contributed by atoms with van der Waals surface area (Å²) in [6.45, 7) is 0.509. The molecule has 4 rings (SSSR count). The van der Waals surface area contributed by atoms with Crippen molar-refractivity contribution in [2.75, 3.05) is 11.4 Å². The maximum absolute atomic E-state index is 13.0. The first-order valence-electron chi connectivity index (χ1n) is 7.85. The van der Waals surface area contributed by atoms with Gasteiger partial charge in [-0.15, -0.1) is 0 Å². The second-order valence-corrected chi connectivity index (χ2v) is 8.41. The van der Waals surface area contributed by atoms with E-state index in [9.17, 15) is 8.42 Å². The number of aromatic nitrogens is 2. The minimum atomic E-state index is -3.72. The molecule has 0 fully saturated rings. The van der Waals surface area contributed by atoms with Crippen molar-refractivity contribution in [2.45, 2.75) is 16.8 Å². The lowest BCUT2D eigenvalue weighted by Gasteiger charge is -2.19. The Kier molecular flexibility index (Phi) is 3.85. The van der Waals surface area contributed by atoms with E-state index in [4.69, 9.17) is 12.6 Å². The normalized spacial score (nSPS) is 18.3. The largest absolute Gasteiger partial charge is 0.283 e. The highest BCUT2D eigenvalue weighted by atomic mass is 32.2. The van der Waals surface area contributed by atoms with E-state index >= 15 is 0 Å². The maximum Gasteiger partial charge on any atom is 0.283 e. The minimum absolute atomic E-state index is 0.0714. The van der Waals surface area contributed by atoms with Crippen molar-refractivity contribution in [2.24, 2.45) is 0 Å². The third kappa shape index (κ3) is 2.63. The summed E-state index contributed by atoms with van der Waals surface area (Å²) < 4.78 is 29.0. The molecule has 0 aliphatic carbocycles. The van der Waals surface area contributed by atoms with E-state index in [0.717, 1.165) is 11.1 Å². The molecule has 0 radical (unpaired) electrons. The summed E-state index contributed by atoms with van der Waals surface area (Å²) in [5.74, 6) is 0. The summed E-state index contributed by atoms with van der Waals surface area (Å²) >= 11 is 4.70. The van der Waals surface area contributed by atoms with Crippen molar-refractivity contribution in [1.29, 1.82) is 0 Å². The number of thiol groups is 1. The predicted octanol–water partition coefficient (Wildman–Crippen LogP) is 3.09. The molecule has 2 heterocycles. The van der Waals surface area contributed by atoms with Crippen LogP contribution in [-0.4, -0.2) is 25.2 Å². The van der Waals surface area contributed by atoms with Gasteiger partial charge < -0.3 is 0 Å². The van der Waals surface area contributed by atoms with E-state index in [2.05, 4.69) is 5.10 Å². The Hall–Kier alpha value is -2.25. The zero-order chi connectivity index (χ0) is 17.6. The fourth-order valence-corrected chi connectivity index (χ4v) is 4.95. The van der Waals surface area contributed by atoms with Crippen molar-refractivity contribution >= 4 is 28.3 Å². The van der Waals surface area contributed by atoms with Crippen LogP contribution in [0, 0.1) is 0 Å². The monoisotopic (exact) mass is 371 g/mol. The first-order valence-corrected chi connectivity index (χ1v) is 9.81. The topological polar surface area (TPSA) is 55.2 Å². The van der Waals surface area contributed by atoms with Crippen LogP contribution in [0.1, 0.15) is 21.9 Å². The highest BCUT2D eigenvalue weighted by Gasteiger charge is 2.36. The smallest absolute Gasteiger partial charge is 0.268 e. The number of rotatable bonds is 2. The summed E-state index contributed by atoms with van der Waals surface area (Å²) in [7, 11) is -2.17. The number of hydrogen-bond acceptors (Lipinski definition) is 4. The van der Waals surface area contributed by atoms with Crippen molar-refractivity contribution in [3.63, 3.8) is 0 Å². The first kappa shape index (κ1) is 16.2. The summed E-state index contributed by atoms with van der Waals surface area (Å²) in [5.41, 5.74) is 3.16. The zero-order valence-electron chi connectivity index (χ0n) is 13.6. The molecule has 25 heavy (non-hydrogen) atoms. The molecule has 1 unspecified atom stereocenters. The van der Waals surface area contributed by atoms with E-state index in [1.807, 2.05) is 48.5 Å². The molecule has 0 amide bonds. The Balaban J connectivity index is 1.86. The Morgan fingerprint density at radius 3 is 2.48 bits per heavy atom. The van der Waals surface area contributed by atoms with Gasteiger partial charge in [0.1, 0.15) is 0 Å². The molecule has 1 aliphatic rings. The van der Waals surface area contributed by atoms with E-state index in [-0.39, 0.29) is 10.3 Å². The first-order chi connectivity index (χ1) is 12.0. The van der Waals surface area contributed by atoms with Crippen molar-refractivity contribution < 1.29 is 8.42 Å². The van der Waals surface area contributed by atoms with E-state index in [1.165, 1.54) is 4.31 Å². The molecule has 0 saturated carbocycles. The number of fused-ring (bicyclic) bond motifs is 2. The molecule has 0 bridgehead atoms. The number of hydrogen-bond donors (Lipinski definition) is 1. The predicted molar refractivity (Wildman–Crippen MR) is 101 cm³/mol. The molecule has 128 valence electrons. The van der Waals surface area contributed by atoms with Crippen LogP contribution in [0.15, 0.2) is 65.8 Å². The summed E-state index contributed by atoms with van der Waals surface area (Å²) in [6, 6.07) is 17.2. The number of anilines is 1. The molecule has 1 atom stereocenters. The number of nitrogens with zero attached hydrogens (tertiary/aromatic N) is 3. The van der Waals surface area contributed by atoms with Gasteiger partial charge in [0.2, 0.25) is 5.03 Å². The average Bonchev–Trinajstić information content (AvgIpc) is 3.04. The average molecular weight is 371 g/mol. The van der Waals surface area contributed by atoms with Gasteiger partial charge in [0, 0.05) is 18.8 Å². The number of para-hydroxylation sites is 1. The van der Waals surface area contributed by atoms with Gasteiger partial charge in [-0.25, -0.2) is 0 Å². The fourth-order valence-electron chi connectivity index (χ4n) is 3.09. The summed E-state index contributed by atoms with van der Waals surface area (Å²) in [6.07, 6.45) is 1.79. The van der Waals surface area contributed by atoms with E-state index in [0.29, 0.717) is 17.8 Å². The lowest BCUT2D eigenvalue weighted by atomic mass is 10.1. The number of sulfonamides is 1. The summed E-state index contributed by atoms with van der Waals surface area (Å²) in [5, 5.41) is 4.10. The molecule has 3 aromatic rings. The Bertz CT molecular complexity index is 1030. The van der Waals surface area contributed by atoms with Crippen molar-refractivity contribution in [3.05, 3.63) is 77.5 Å². The molecule has 0 saturated heterocycles. The molecular weight excluding hydrogens is 354 g/mol. The second-order valence-electron chi connectivity index (χ2n) is 6.01. The molecule has 1 aromatic heterocycles. The van der Waals surface area contributed by atoms with Gasteiger partial charge in [0.05, 0.1) is 17.5 Å². The van der Waals surface area contributed by atoms with Gasteiger partial charge in [0.15, 0.2) is 0 Å². The number of benzene rings is 2. The van der Waals surface area contributed by atoms with Crippen LogP contribution in [0.4, 0.5) is 5.69 Å².